The molecule has 0 aliphatic heterocycles. The molecule has 2 atom stereocenters. The van der Waals surface area contributed by atoms with E-state index in [0.29, 0.717) is 12.4 Å². The van der Waals surface area contributed by atoms with E-state index in [1.54, 1.807) is 5.56 Å². The summed E-state index contributed by atoms with van der Waals surface area (Å²) in [5.74, 6) is 11.9. The highest BCUT2D eigenvalue weighted by Gasteiger charge is 2.48. The summed E-state index contributed by atoms with van der Waals surface area (Å²) in [5, 5.41) is 0. The Labute approximate surface area is 542 Å². The van der Waals surface area contributed by atoms with Gasteiger partial charge in [-0.15, -0.1) is 6.42 Å². The molecule has 0 N–H and O–H groups in total. The lowest BCUT2D eigenvalue weighted by Crippen LogP contribution is -2.28. The van der Waals surface area contributed by atoms with Crippen molar-refractivity contribution in [3.8, 4) is 103 Å². The van der Waals surface area contributed by atoms with Crippen LogP contribution in [-0.4, -0.2) is 6.61 Å². The van der Waals surface area contributed by atoms with Crippen molar-refractivity contribution in [2.45, 2.75) is 211 Å². The second kappa shape index (κ2) is 30.2. The fourth-order valence-corrected chi connectivity index (χ4v) is 16.0. The lowest BCUT2D eigenvalue weighted by atomic mass is 9.67. The zero-order valence-electron chi connectivity index (χ0n) is 54.9. The van der Waals surface area contributed by atoms with Crippen molar-refractivity contribution in [2.24, 2.45) is 0 Å². The minimum atomic E-state index is -0.746. The molecule has 8 aromatic carbocycles. The Hall–Kier alpha value is -7.96. The summed E-state index contributed by atoms with van der Waals surface area (Å²) in [6.07, 6.45) is 39.6. The van der Waals surface area contributed by atoms with Gasteiger partial charge in [-0.25, -0.2) is 0 Å². The summed E-state index contributed by atoms with van der Waals surface area (Å²) >= 11 is 0. The summed E-state index contributed by atoms with van der Waals surface area (Å²) in [6, 6.07) is 66.0. The second-order valence-corrected chi connectivity index (χ2v) is 26.5. The van der Waals surface area contributed by atoms with Gasteiger partial charge in [-0.3, -0.25) is 0 Å². The summed E-state index contributed by atoms with van der Waals surface area (Å²) < 4.78 is 12.5. The summed E-state index contributed by atoms with van der Waals surface area (Å²) in [6.45, 7) is 12.5. The summed E-state index contributed by atoms with van der Waals surface area (Å²) in [5.41, 5.74) is 23.1. The lowest BCUT2D eigenvalue weighted by molar-refractivity contribution is 0.305. The van der Waals surface area contributed by atoms with Gasteiger partial charge in [0.15, 0.2) is 0 Å². The van der Waals surface area contributed by atoms with Crippen LogP contribution in [0.2, 0.25) is 0 Å². The van der Waals surface area contributed by atoms with E-state index < -0.39 is 5.41 Å². The van der Waals surface area contributed by atoms with Gasteiger partial charge in [0, 0.05) is 22.7 Å². The number of benzene rings is 8. The molecule has 0 spiro atoms. The van der Waals surface area contributed by atoms with Crippen molar-refractivity contribution in [3.05, 3.63) is 214 Å². The van der Waals surface area contributed by atoms with Crippen molar-refractivity contribution in [2.75, 3.05) is 6.61 Å². The largest absolute Gasteiger partial charge is 0.494 e. The molecule has 0 fully saturated rings. The Morgan fingerprint density at radius 2 is 0.822 bits per heavy atom. The lowest BCUT2D eigenvalue weighted by Gasteiger charge is -2.34. The first-order valence-corrected chi connectivity index (χ1v) is 35.1. The van der Waals surface area contributed by atoms with Gasteiger partial charge >= 0.3 is 0 Å². The average Bonchev–Trinajstić information content (AvgIpc) is 1.53. The minimum absolute atomic E-state index is 0.0348. The van der Waals surface area contributed by atoms with E-state index >= 15 is 0 Å². The maximum absolute atomic E-state index is 6.52. The number of hydrogen-bond donors (Lipinski definition) is 0. The fraction of sp³-hybridized carbons (Fsp3) is 0.386. The number of unbranched alkanes of at least 4 members (excludes halogenated alkanes) is 18. The molecule has 11 rings (SSSR count). The van der Waals surface area contributed by atoms with E-state index in [4.69, 9.17) is 15.9 Å². The molecule has 0 amide bonds. The molecule has 0 saturated carbocycles. The van der Waals surface area contributed by atoms with Crippen molar-refractivity contribution in [1.82, 2.24) is 0 Å². The molecule has 0 radical (unpaired) electrons. The van der Waals surface area contributed by atoms with Gasteiger partial charge in [-0.05, 0) is 180 Å². The molecule has 0 bridgehead atoms. The van der Waals surface area contributed by atoms with Gasteiger partial charge in [0.05, 0.1) is 12.0 Å². The monoisotopic (exact) mass is 1180 g/mol. The molecule has 0 aromatic heterocycles. The summed E-state index contributed by atoms with van der Waals surface area (Å²) in [4.78, 5) is 0. The normalized spacial score (nSPS) is 15.9. The van der Waals surface area contributed by atoms with Gasteiger partial charge in [-0.1, -0.05) is 297 Å². The van der Waals surface area contributed by atoms with Crippen LogP contribution < -0.4 is 9.47 Å². The quantitative estimate of drug-likeness (QED) is 0.0309. The average molecular weight is 1190 g/mol. The van der Waals surface area contributed by atoms with Crippen LogP contribution in [0, 0.1) is 36.2 Å². The van der Waals surface area contributed by atoms with E-state index in [1.807, 2.05) is 0 Å². The summed E-state index contributed by atoms with van der Waals surface area (Å²) in [7, 11) is 0. The van der Waals surface area contributed by atoms with Gasteiger partial charge in [0.1, 0.15) is 17.6 Å². The Morgan fingerprint density at radius 3 is 1.44 bits per heavy atom. The third kappa shape index (κ3) is 13.0. The molecule has 2 heteroatoms. The van der Waals surface area contributed by atoms with E-state index in [9.17, 15) is 0 Å². The van der Waals surface area contributed by atoms with E-state index in [1.165, 1.54) is 237 Å². The zero-order valence-corrected chi connectivity index (χ0v) is 54.9. The van der Waals surface area contributed by atoms with Crippen LogP contribution >= 0.6 is 0 Å². The van der Waals surface area contributed by atoms with Crippen LogP contribution in [-0.2, 0) is 16.2 Å². The molecule has 0 heterocycles. The van der Waals surface area contributed by atoms with Crippen LogP contribution in [0.5, 0.6) is 11.5 Å². The maximum Gasteiger partial charge on any atom is 0.140 e. The van der Waals surface area contributed by atoms with Gasteiger partial charge in [-0.2, -0.15) is 0 Å². The maximum atomic E-state index is 6.52. The number of ether oxygens (including phenoxy) is 2. The molecular weight excluding hydrogens is 1090 g/mol. The van der Waals surface area contributed by atoms with Crippen LogP contribution in [0.25, 0.3) is 55.6 Å². The number of rotatable bonds is 32. The SMILES string of the molecule is C#CC#CC#COc1ccc(C2(c3ccc(OCCCCCC)cc3)c3cc(-c4ccc5c(c4)C(CCCCCCCC)(CCCCCCCC)c4ccccc4-5)ccc3-c3c(-c4ccc5c(c4)C(C)(CCCCCCCC)c4ccccc4-5)cccc32)cc1. The standard InChI is InChI=1S/C88H96O2/c1-7-12-17-22-25-32-58-86(6)79-41-30-28-38-74(79)76-56-46-68(65-82(76)86)73-40-37-43-81-85(73)78-57-45-67(66-44-55-77-75-39-29-31-42-80(75)87(83(77)63-66,59-33-26-23-18-13-8-2)60-34-27-24-19-14-9-3)64-84(78)88(81,69-47-51-71(52-48-69)89-61-35-20-15-10-4)70-49-53-72(54-50-70)90-62-36-21-16-11-5/h4,28-31,37-57,63-65H,7-9,11-14,16-19,21-27,32-34,36,58-60,62H2,1-3,5-6H3. The molecule has 8 aromatic rings. The first kappa shape index (κ1) is 63.6. The topological polar surface area (TPSA) is 18.5 Å². The second-order valence-electron chi connectivity index (χ2n) is 26.5. The number of fused-ring (bicyclic) bond motifs is 9. The number of hydrogen-bond acceptors (Lipinski definition) is 2. The van der Waals surface area contributed by atoms with Crippen LogP contribution in [0.1, 0.15) is 240 Å². The highest BCUT2D eigenvalue weighted by molar-refractivity contribution is 5.98. The van der Waals surface area contributed by atoms with Gasteiger partial charge < -0.3 is 9.47 Å². The fourth-order valence-electron chi connectivity index (χ4n) is 16.0. The molecule has 3 aliphatic rings. The third-order valence-electron chi connectivity index (χ3n) is 20.7. The number of terminal acetylenes is 1. The predicted octanol–water partition coefficient (Wildman–Crippen LogP) is 24.1. The molecule has 0 saturated heterocycles. The Morgan fingerprint density at radius 1 is 0.356 bits per heavy atom. The molecular formula is C88H96O2. The van der Waals surface area contributed by atoms with Crippen molar-refractivity contribution < 1.29 is 9.47 Å². The third-order valence-corrected chi connectivity index (χ3v) is 20.7. The van der Waals surface area contributed by atoms with Crippen LogP contribution in [0.4, 0.5) is 0 Å². The van der Waals surface area contributed by atoms with E-state index in [0.717, 1.165) is 24.2 Å². The predicted molar refractivity (Wildman–Crippen MR) is 381 cm³/mol. The van der Waals surface area contributed by atoms with E-state index in [-0.39, 0.29) is 10.8 Å². The minimum Gasteiger partial charge on any atom is -0.494 e. The Bertz CT molecular complexity index is 3880. The van der Waals surface area contributed by atoms with Crippen molar-refractivity contribution in [3.63, 3.8) is 0 Å². The molecule has 460 valence electrons. The van der Waals surface area contributed by atoms with Gasteiger partial charge in [0.25, 0.3) is 0 Å². The molecule has 2 nitrogen and oxygen atoms in total. The molecule has 3 aliphatic carbocycles. The van der Waals surface area contributed by atoms with Crippen molar-refractivity contribution in [1.29, 1.82) is 0 Å². The van der Waals surface area contributed by atoms with Crippen molar-refractivity contribution >= 4 is 0 Å². The first-order valence-electron chi connectivity index (χ1n) is 35.1. The molecule has 2 unspecified atom stereocenters. The highest BCUT2D eigenvalue weighted by atomic mass is 16.5. The Kier molecular flexibility index (Phi) is 21.4. The zero-order chi connectivity index (χ0) is 62.2. The smallest absolute Gasteiger partial charge is 0.140 e. The van der Waals surface area contributed by atoms with Crippen LogP contribution in [0.15, 0.2) is 170 Å². The van der Waals surface area contributed by atoms with Crippen LogP contribution in [0.3, 0.4) is 0 Å². The first-order chi connectivity index (χ1) is 44.3. The van der Waals surface area contributed by atoms with Gasteiger partial charge in [0.2, 0.25) is 0 Å². The highest BCUT2D eigenvalue weighted by Crippen LogP contribution is 2.61. The molecule has 90 heavy (non-hydrogen) atoms. The Balaban J connectivity index is 1.09. The van der Waals surface area contributed by atoms with E-state index in [2.05, 4.69) is 234 Å².